The van der Waals surface area contributed by atoms with E-state index in [1.807, 2.05) is 24.3 Å². The standard InChI is InChI=1S/C28H23N3/c1-20-12-11-13-21(2)26(20)31-27(23-16-7-4-8-17-23)29-30-28(31)25-19-10-9-18-24(25)22-14-5-3-6-15-22/h3-19H,1-2H3. The highest BCUT2D eigenvalue weighted by molar-refractivity contribution is 5.82. The molecule has 31 heavy (non-hydrogen) atoms. The largest absolute Gasteiger partial charge is 0.274 e. The molecule has 1 heterocycles. The van der Waals surface area contributed by atoms with Crippen LogP contribution in [0, 0.1) is 13.8 Å². The summed E-state index contributed by atoms with van der Waals surface area (Å²) in [4.78, 5) is 0. The fourth-order valence-electron chi connectivity index (χ4n) is 4.15. The molecule has 0 aliphatic carbocycles. The molecule has 0 fully saturated rings. The maximum Gasteiger partial charge on any atom is 0.169 e. The van der Waals surface area contributed by atoms with E-state index in [0.717, 1.165) is 39.6 Å². The van der Waals surface area contributed by atoms with Crippen molar-refractivity contribution in [2.24, 2.45) is 0 Å². The number of benzene rings is 4. The van der Waals surface area contributed by atoms with Gasteiger partial charge < -0.3 is 0 Å². The van der Waals surface area contributed by atoms with Crippen molar-refractivity contribution in [3.8, 4) is 39.6 Å². The highest BCUT2D eigenvalue weighted by Gasteiger charge is 2.21. The van der Waals surface area contributed by atoms with E-state index < -0.39 is 0 Å². The topological polar surface area (TPSA) is 30.7 Å². The minimum absolute atomic E-state index is 0.843. The number of aromatic nitrogens is 3. The van der Waals surface area contributed by atoms with Crippen molar-refractivity contribution in [2.45, 2.75) is 13.8 Å². The predicted octanol–water partition coefficient (Wildman–Crippen LogP) is 6.89. The fraction of sp³-hybridized carbons (Fsp3) is 0.0714. The third-order valence-electron chi connectivity index (χ3n) is 5.61. The minimum atomic E-state index is 0.843. The van der Waals surface area contributed by atoms with E-state index >= 15 is 0 Å². The summed E-state index contributed by atoms with van der Waals surface area (Å²) in [5.74, 6) is 1.69. The lowest BCUT2D eigenvalue weighted by Crippen LogP contribution is -2.05. The summed E-state index contributed by atoms with van der Waals surface area (Å²) in [5, 5.41) is 9.39. The van der Waals surface area contributed by atoms with Crippen LogP contribution >= 0.6 is 0 Å². The van der Waals surface area contributed by atoms with Crippen LogP contribution in [0.4, 0.5) is 0 Å². The molecule has 0 radical (unpaired) electrons. The van der Waals surface area contributed by atoms with E-state index in [0.29, 0.717) is 0 Å². The summed E-state index contributed by atoms with van der Waals surface area (Å²) < 4.78 is 2.21. The molecule has 0 aliphatic rings. The maximum atomic E-state index is 4.72. The SMILES string of the molecule is Cc1cccc(C)c1-n1c(-c2ccccc2)nnc1-c1ccccc1-c1ccccc1. The maximum absolute atomic E-state index is 4.72. The van der Waals surface area contributed by atoms with Crippen LogP contribution in [0.3, 0.4) is 0 Å². The van der Waals surface area contributed by atoms with Gasteiger partial charge in [0.1, 0.15) is 0 Å². The number of aryl methyl sites for hydroxylation is 2. The van der Waals surface area contributed by atoms with Crippen molar-refractivity contribution in [3.63, 3.8) is 0 Å². The Morgan fingerprint density at radius 3 is 1.65 bits per heavy atom. The Labute approximate surface area is 182 Å². The lowest BCUT2D eigenvalue weighted by Gasteiger charge is -2.17. The van der Waals surface area contributed by atoms with E-state index in [-0.39, 0.29) is 0 Å². The molecule has 0 atom stereocenters. The van der Waals surface area contributed by atoms with Gasteiger partial charge in [0.2, 0.25) is 0 Å². The zero-order valence-corrected chi connectivity index (χ0v) is 17.7. The van der Waals surface area contributed by atoms with E-state index in [4.69, 9.17) is 5.10 Å². The van der Waals surface area contributed by atoms with Gasteiger partial charge in [-0.15, -0.1) is 10.2 Å². The monoisotopic (exact) mass is 401 g/mol. The van der Waals surface area contributed by atoms with Crippen molar-refractivity contribution in [1.82, 2.24) is 14.8 Å². The molecule has 3 nitrogen and oxygen atoms in total. The number of hydrogen-bond acceptors (Lipinski definition) is 2. The van der Waals surface area contributed by atoms with Gasteiger partial charge in [0.15, 0.2) is 11.6 Å². The van der Waals surface area contributed by atoms with E-state index in [2.05, 4.69) is 102 Å². The first-order valence-corrected chi connectivity index (χ1v) is 10.5. The van der Waals surface area contributed by atoms with Gasteiger partial charge >= 0.3 is 0 Å². The average molecular weight is 402 g/mol. The zero-order chi connectivity index (χ0) is 21.2. The normalized spacial score (nSPS) is 10.9. The zero-order valence-electron chi connectivity index (χ0n) is 17.7. The Bertz CT molecular complexity index is 1320. The number of para-hydroxylation sites is 1. The average Bonchev–Trinajstić information content (AvgIpc) is 3.25. The first-order chi connectivity index (χ1) is 15.2. The lowest BCUT2D eigenvalue weighted by atomic mass is 9.98. The molecule has 150 valence electrons. The number of rotatable bonds is 4. The second kappa shape index (κ2) is 8.04. The van der Waals surface area contributed by atoms with Gasteiger partial charge in [-0.25, -0.2) is 0 Å². The number of hydrogen-bond donors (Lipinski definition) is 0. The van der Waals surface area contributed by atoms with Crippen LogP contribution in [0.5, 0.6) is 0 Å². The summed E-state index contributed by atoms with van der Waals surface area (Å²) in [5.41, 5.74) is 7.92. The highest BCUT2D eigenvalue weighted by Crippen LogP contribution is 2.36. The first kappa shape index (κ1) is 19.0. The molecule has 0 saturated heterocycles. The second-order valence-corrected chi connectivity index (χ2v) is 7.70. The third-order valence-corrected chi connectivity index (χ3v) is 5.61. The molecule has 0 N–H and O–H groups in total. The molecule has 0 unspecified atom stereocenters. The summed E-state index contributed by atoms with van der Waals surface area (Å²) >= 11 is 0. The molecule has 0 saturated carbocycles. The van der Waals surface area contributed by atoms with Crippen LogP contribution < -0.4 is 0 Å². The van der Waals surface area contributed by atoms with Gasteiger partial charge in [-0.1, -0.05) is 103 Å². The summed E-state index contributed by atoms with van der Waals surface area (Å²) in [6.07, 6.45) is 0. The second-order valence-electron chi connectivity index (χ2n) is 7.70. The third kappa shape index (κ3) is 3.44. The smallest absolute Gasteiger partial charge is 0.169 e. The predicted molar refractivity (Wildman–Crippen MR) is 127 cm³/mol. The van der Waals surface area contributed by atoms with Crippen LogP contribution in [-0.2, 0) is 0 Å². The van der Waals surface area contributed by atoms with E-state index in [1.165, 1.54) is 11.1 Å². The molecule has 5 aromatic rings. The van der Waals surface area contributed by atoms with Crippen molar-refractivity contribution in [3.05, 3.63) is 114 Å². The van der Waals surface area contributed by atoms with Crippen LogP contribution in [0.25, 0.3) is 39.6 Å². The molecule has 0 bridgehead atoms. The Balaban J connectivity index is 1.83. The Hall–Kier alpha value is -3.98. The molecule has 4 aromatic carbocycles. The first-order valence-electron chi connectivity index (χ1n) is 10.5. The van der Waals surface area contributed by atoms with Gasteiger partial charge in [0.05, 0.1) is 5.69 Å². The summed E-state index contributed by atoms with van der Waals surface area (Å²) in [7, 11) is 0. The van der Waals surface area contributed by atoms with Gasteiger partial charge in [-0.05, 0) is 36.1 Å². The Kier molecular flexibility index (Phi) is 4.93. The van der Waals surface area contributed by atoms with Crippen molar-refractivity contribution >= 4 is 0 Å². The van der Waals surface area contributed by atoms with Gasteiger partial charge in [0.25, 0.3) is 0 Å². The van der Waals surface area contributed by atoms with Crippen LogP contribution in [0.15, 0.2) is 103 Å². The quantitative estimate of drug-likeness (QED) is 0.328. The number of nitrogens with zero attached hydrogens (tertiary/aromatic N) is 3. The molecule has 1 aromatic heterocycles. The van der Waals surface area contributed by atoms with Gasteiger partial charge in [0, 0.05) is 11.1 Å². The molecule has 0 aliphatic heterocycles. The van der Waals surface area contributed by atoms with Crippen LogP contribution in [-0.4, -0.2) is 14.8 Å². The summed E-state index contributed by atoms with van der Waals surface area (Å²) in [6.45, 7) is 4.29. The van der Waals surface area contributed by atoms with Crippen LogP contribution in [0.2, 0.25) is 0 Å². The van der Waals surface area contributed by atoms with Gasteiger partial charge in [-0.2, -0.15) is 0 Å². The molecular formula is C28H23N3. The molecule has 5 rings (SSSR count). The lowest BCUT2D eigenvalue weighted by molar-refractivity contribution is 1.04. The van der Waals surface area contributed by atoms with E-state index in [1.54, 1.807) is 0 Å². The highest BCUT2D eigenvalue weighted by atomic mass is 15.3. The Morgan fingerprint density at radius 2 is 1.00 bits per heavy atom. The van der Waals surface area contributed by atoms with Crippen molar-refractivity contribution < 1.29 is 0 Å². The van der Waals surface area contributed by atoms with E-state index in [9.17, 15) is 0 Å². The van der Waals surface area contributed by atoms with Crippen molar-refractivity contribution in [1.29, 1.82) is 0 Å². The van der Waals surface area contributed by atoms with Gasteiger partial charge in [-0.3, -0.25) is 4.57 Å². The minimum Gasteiger partial charge on any atom is -0.274 e. The molecule has 3 heteroatoms. The fourth-order valence-corrected chi connectivity index (χ4v) is 4.15. The molecular weight excluding hydrogens is 378 g/mol. The molecule has 0 amide bonds. The van der Waals surface area contributed by atoms with Crippen molar-refractivity contribution in [2.75, 3.05) is 0 Å². The van der Waals surface area contributed by atoms with Crippen LogP contribution in [0.1, 0.15) is 11.1 Å². The summed E-state index contributed by atoms with van der Waals surface area (Å²) in [6, 6.07) is 35.5. The molecule has 0 spiro atoms. The Morgan fingerprint density at radius 1 is 0.484 bits per heavy atom.